The van der Waals surface area contributed by atoms with Crippen LogP contribution in [0.4, 0.5) is 0 Å². The van der Waals surface area contributed by atoms with Crippen LogP contribution in [0.3, 0.4) is 0 Å². The van der Waals surface area contributed by atoms with Crippen LogP contribution in [0.1, 0.15) is 24.3 Å². The highest BCUT2D eigenvalue weighted by atomic mass is 32.1. The van der Waals surface area contributed by atoms with Crippen molar-refractivity contribution in [3.63, 3.8) is 0 Å². The molecule has 3 aromatic rings. The van der Waals surface area contributed by atoms with E-state index in [9.17, 15) is 9.90 Å². The second-order valence-electron chi connectivity index (χ2n) is 6.76. The Morgan fingerprint density at radius 1 is 1.11 bits per heavy atom. The van der Waals surface area contributed by atoms with E-state index in [2.05, 4.69) is 0 Å². The quantitative estimate of drug-likeness (QED) is 0.593. The Kier molecular flexibility index (Phi) is 5.99. The zero-order valence-electron chi connectivity index (χ0n) is 16.4. The third-order valence-corrected chi connectivity index (χ3v) is 5.21. The summed E-state index contributed by atoms with van der Waals surface area (Å²) in [6.45, 7) is 5.93. The van der Waals surface area contributed by atoms with Gasteiger partial charge in [-0.05, 0) is 39.0 Å². The Morgan fingerprint density at radius 2 is 1.79 bits per heavy atom. The molecule has 0 aliphatic carbocycles. The summed E-state index contributed by atoms with van der Waals surface area (Å²) >= 11 is 1.39. The summed E-state index contributed by atoms with van der Waals surface area (Å²) in [4.78, 5) is 16.8. The van der Waals surface area contributed by atoms with Gasteiger partial charge in [-0.2, -0.15) is 0 Å². The van der Waals surface area contributed by atoms with E-state index in [0.717, 1.165) is 26.6 Å². The predicted octanol–water partition coefficient (Wildman–Crippen LogP) is 5.21. The van der Waals surface area contributed by atoms with Gasteiger partial charge in [-0.15, -0.1) is 11.3 Å². The number of nitrogens with zero attached hydrogens (tertiary/aromatic N) is 1. The molecule has 0 radical (unpaired) electrons. The van der Waals surface area contributed by atoms with Crippen molar-refractivity contribution in [1.29, 1.82) is 0 Å². The summed E-state index contributed by atoms with van der Waals surface area (Å²) in [7, 11) is 1.60. The number of ether oxygens (including phenoxy) is 2. The molecule has 0 fully saturated rings. The molecule has 0 aliphatic rings. The van der Waals surface area contributed by atoms with Crippen molar-refractivity contribution in [2.45, 2.75) is 33.3 Å². The molecule has 0 unspecified atom stereocenters. The number of methoxy groups -OCH3 is 1. The number of carboxylic acid groups (broad SMARTS) is 1. The highest BCUT2D eigenvalue weighted by molar-refractivity contribution is 7.15. The van der Waals surface area contributed by atoms with Crippen LogP contribution in [0.2, 0.25) is 0 Å². The standard InChI is InChI=1S/C22H23NO4S/c1-13(2)27-17-10-9-16(11-18(17)26-4)22-23-21(19(28-22)12-20(24)25)15-7-5-14(3)6-8-15/h5-11,13H,12H2,1-4H3,(H,24,25). The Labute approximate surface area is 168 Å². The van der Waals surface area contributed by atoms with Crippen molar-refractivity contribution < 1.29 is 19.4 Å². The average molecular weight is 397 g/mol. The van der Waals surface area contributed by atoms with Gasteiger partial charge in [-0.1, -0.05) is 29.8 Å². The van der Waals surface area contributed by atoms with Crippen molar-refractivity contribution in [2.75, 3.05) is 7.11 Å². The minimum atomic E-state index is -0.873. The van der Waals surface area contributed by atoms with E-state index < -0.39 is 5.97 Å². The third kappa shape index (κ3) is 4.51. The Morgan fingerprint density at radius 3 is 2.39 bits per heavy atom. The number of benzene rings is 2. The van der Waals surface area contributed by atoms with Gasteiger partial charge < -0.3 is 14.6 Å². The molecule has 1 aromatic heterocycles. The molecular formula is C22H23NO4S. The summed E-state index contributed by atoms with van der Waals surface area (Å²) in [5.74, 6) is 0.419. The summed E-state index contributed by atoms with van der Waals surface area (Å²) < 4.78 is 11.2. The Bertz CT molecular complexity index is 977. The zero-order valence-corrected chi connectivity index (χ0v) is 17.2. The number of hydrogen-bond donors (Lipinski definition) is 1. The maximum absolute atomic E-state index is 11.3. The molecule has 2 aromatic carbocycles. The van der Waals surface area contributed by atoms with Crippen molar-refractivity contribution in [2.24, 2.45) is 0 Å². The number of aliphatic carboxylic acids is 1. The van der Waals surface area contributed by atoms with E-state index in [-0.39, 0.29) is 12.5 Å². The van der Waals surface area contributed by atoms with E-state index >= 15 is 0 Å². The van der Waals surface area contributed by atoms with Gasteiger partial charge in [0.25, 0.3) is 0 Å². The second kappa shape index (κ2) is 8.44. The number of aryl methyl sites for hydroxylation is 1. The number of hydrogen-bond acceptors (Lipinski definition) is 5. The molecule has 146 valence electrons. The summed E-state index contributed by atoms with van der Waals surface area (Å²) in [6, 6.07) is 13.6. The Balaban J connectivity index is 2.04. The number of aromatic nitrogens is 1. The molecule has 1 heterocycles. The van der Waals surface area contributed by atoms with Crippen LogP contribution in [-0.4, -0.2) is 29.3 Å². The van der Waals surface area contributed by atoms with Gasteiger partial charge in [-0.25, -0.2) is 4.98 Å². The smallest absolute Gasteiger partial charge is 0.308 e. The van der Waals surface area contributed by atoms with Crippen molar-refractivity contribution in [1.82, 2.24) is 4.98 Å². The predicted molar refractivity (Wildman–Crippen MR) is 111 cm³/mol. The van der Waals surface area contributed by atoms with E-state index in [1.54, 1.807) is 7.11 Å². The summed E-state index contributed by atoms with van der Waals surface area (Å²) in [5, 5.41) is 10.1. The molecule has 0 saturated heterocycles. The van der Waals surface area contributed by atoms with E-state index in [4.69, 9.17) is 14.5 Å². The molecule has 5 nitrogen and oxygen atoms in total. The van der Waals surface area contributed by atoms with Crippen LogP contribution in [0, 0.1) is 6.92 Å². The van der Waals surface area contributed by atoms with Gasteiger partial charge in [-0.3, -0.25) is 4.79 Å². The highest BCUT2D eigenvalue weighted by Crippen LogP contribution is 2.38. The van der Waals surface area contributed by atoms with E-state index in [1.807, 2.05) is 63.2 Å². The van der Waals surface area contributed by atoms with Crippen LogP contribution in [-0.2, 0) is 11.2 Å². The maximum Gasteiger partial charge on any atom is 0.308 e. The monoisotopic (exact) mass is 397 g/mol. The van der Waals surface area contributed by atoms with Crippen LogP contribution in [0.5, 0.6) is 11.5 Å². The lowest BCUT2D eigenvalue weighted by molar-refractivity contribution is -0.136. The topological polar surface area (TPSA) is 68.7 Å². The first-order chi connectivity index (χ1) is 13.4. The van der Waals surface area contributed by atoms with Gasteiger partial charge in [0.2, 0.25) is 0 Å². The zero-order chi connectivity index (χ0) is 20.3. The molecule has 1 N–H and O–H groups in total. The normalized spacial score (nSPS) is 10.9. The minimum absolute atomic E-state index is 0.0370. The van der Waals surface area contributed by atoms with Gasteiger partial charge in [0.05, 0.1) is 25.3 Å². The van der Waals surface area contributed by atoms with Crippen LogP contribution in [0.25, 0.3) is 21.8 Å². The molecule has 0 amide bonds. The second-order valence-corrected chi connectivity index (χ2v) is 7.84. The lowest BCUT2D eigenvalue weighted by atomic mass is 10.1. The van der Waals surface area contributed by atoms with Crippen molar-refractivity contribution in [3.05, 3.63) is 52.9 Å². The molecule has 6 heteroatoms. The molecule has 28 heavy (non-hydrogen) atoms. The largest absolute Gasteiger partial charge is 0.493 e. The van der Waals surface area contributed by atoms with E-state index in [1.165, 1.54) is 11.3 Å². The number of rotatable bonds is 7. The van der Waals surface area contributed by atoms with Crippen molar-refractivity contribution >= 4 is 17.3 Å². The van der Waals surface area contributed by atoms with Crippen LogP contribution in [0.15, 0.2) is 42.5 Å². The number of thiazole rings is 1. The fourth-order valence-corrected chi connectivity index (χ4v) is 3.89. The fourth-order valence-electron chi connectivity index (χ4n) is 2.82. The van der Waals surface area contributed by atoms with Gasteiger partial charge in [0.15, 0.2) is 11.5 Å². The lowest BCUT2D eigenvalue weighted by Crippen LogP contribution is -2.06. The summed E-state index contributed by atoms with van der Waals surface area (Å²) in [6.07, 6.45) is -0.0260. The fraction of sp³-hybridized carbons (Fsp3) is 0.273. The lowest BCUT2D eigenvalue weighted by Gasteiger charge is -2.14. The van der Waals surface area contributed by atoms with Gasteiger partial charge in [0.1, 0.15) is 5.01 Å². The number of carbonyl (C=O) groups is 1. The molecule has 3 rings (SSSR count). The molecule has 0 spiro atoms. The third-order valence-electron chi connectivity index (χ3n) is 4.11. The maximum atomic E-state index is 11.3. The first-order valence-corrected chi connectivity index (χ1v) is 9.82. The number of carboxylic acids is 1. The average Bonchev–Trinajstić information content (AvgIpc) is 3.05. The highest BCUT2D eigenvalue weighted by Gasteiger charge is 2.18. The molecule has 0 aliphatic heterocycles. The summed E-state index contributed by atoms with van der Waals surface area (Å²) in [5.41, 5.74) is 3.63. The molecular weight excluding hydrogens is 374 g/mol. The van der Waals surface area contributed by atoms with Gasteiger partial charge in [0, 0.05) is 16.0 Å². The molecule has 0 atom stereocenters. The van der Waals surface area contributed by atoms with E-state index in [0.29, 0.717) is 17.2 Å². The van der Waals surface area contributed by atoms with Crippen LogP contribution < -0.4 is 9.47 Å². The minimum Gasteiger partial charge on any atom is -0.493 e. The molecule has 0 saturated carbocycles. The van der Waals surface area contributed by atoms with Crippen molar-refractivity contribution in [3.8, 4) is 33.3 Å². The SMILES string of the molecule is COc1cc(-c2nc(-c3ccc(C)cc3)c(CC(=O)O)s2)ccc1OC(C)C. The van der Waals surface area contributed by atoms with Crippen LogP contribution >= 0.6 is 11.3 Å². The Hall–Kier alpha value is -2.86. The first-order valence-electron chi connectivity index (χ1n) is 9.01. The first kappa shape index (κ1) is 19.9. The van der Waals surface area contributed by atoms with Gasteiger partial charge >= 0.3 is 5.97 Å². The molecule has 0 bridgehead atoms.